The summed E-state index contributed by atoms with van der Waals surface area (Å²) in [6.45, 7) is 6.48. The first-order valence-corrected chi connectivity index (χ1v) is 11.8. The Labute approximate surface area is 196 Å². The smallest absolute Gasteiger partial charge is 0.248 e. The SMILES string of the molecule is C=C/C=C(\C=C/COC1C=CCCC1)c1nnc(-c2ccc(N3CCC(N(C)C)C3)cc2)o1. The van der Waals surface area contributed by atoms with Gasteiger partial charge in [0.05, 0.1) is 12.7 Å². The van der Waals surface area contributed by atoms with Crippen LogP contribution >= 0.6 is 0 Å². The van der Waals surface area contributed by atoms with Gasteiger partial charge in [-0.3, -0.25) is 0 Å². The standard InChI is InChI=1S/C27H34N4O2/c1-4-9-21(10-8-19-32-25-11-6-5-7-12-25)26-28-29-27(33-26)22-13-15-23(16-14-22)31-18-17-24(20-31)30(2)3/h4,6,8-11,13-16,24-25H,1,5,7,12,17-20H2,2-3H3/b10-8-,21-9+. The molecule has 1 saturated heterocycles. The number of benzene rings is 1. The van der Waals surface area contributed by atoms with E-state index >= 15 is 0 Å². The van der Waals surface area contributed by atoms with Gasteiger partial charge in [0, 0.05) is 36.0 Å². The van der Waals surface area contributed by atoms with Crippen LogP contribution in [0.15, 0.2) is 71.7 Å². The van der Waals surface area contributed by atoms with Crippen molar-refractivity contribution in [3.63, 3.8) is 0 Å². The fourth-order valence-corrected chi connectivity index (χ4v) is 4.27. The number of hydrogen-bond acceptors (Lipinski definition) is 6. The summed E-state index contributed by atoms with van der Waals surface area (Å²) >= 11 is 0. The lowest BCUT2D eigenvalue weighted by Gasteiger charge is -2.21. The van der Waals surface area contributed by atoms with E-state index in [1.54, 1.807) is 6.08 Å². The van der Waals surface area contributed by atoms with Crippen LogP contribution in [-0.4, -0.2) is 61.0 Å². The van der Waals surface area contributed by atoms with E-state index < -0.39 is 0 Å². The average molecular weight is 447 g/mol. The molecule has 0 saturated carbocycles. The van der Waals surface area contributed by atoms with Crippen molar-refractivity contribution in [2.45, 2.75) is 37.8 Å². The molecule has 33 heavy (non-hydrogen) atoms. The first-order chi connectivity index (χ1) is 16.1. The predicted octanol–water partition coefficient (Wildman–Crippen LogP) is 5.13. The number of rotatable bonds is 9. The van der Waals surface area contributed by atoms with Gasteiger partial charge < -0.3 is 19.0 Å². The summed E-state index contributed by atoms with van der Waals surface area (Å²) in [7, 11) is 4.30. The molecule has 2 unspecified atom stereocenters. The molecule has 6 heteroatoms. The van der Waals surface area contributed by atoms with Crippen LogP contribution in [0, 0.1) is 0 Å². The van der Waals surface area contributed by atoms with Crippen molar-refractivity contribution in [2.24, 2.45) is 0 Å². The highest BCUT2D eigenvalue weighted by Crippen LogP contribution is 2.27. The second kappa shape index (κ2) is 11.3. The lowest BCUT2D eigenvalue weighted by atomic mass is 10.1. The van der Waals surface area contributed by atoms with E-state index in [9.17, 15) is 0 Å². The third-order valence-corrected chi connectivity index (χ3v) is 6.26. The molecule has 0 radical (unpaired) electrons. The predicted molar refractivity (Wildman–Crippen MR) is 134 cm³/mol. The average Bonchev–Trinajstić information content (AvgIpc) is 3.53. The zero-order valence-corrected chi connectivity index (χ0v) is 19.7. The van der Waals surface area contributed by atoms with Crippen LogP contribution in [0.25, 0.3) is 17.0 Å². The molecule has 0 N–H and O–H groups in total. The second-order valence-corrected chi connectivity index (χ2v) is 8.80. The molecule has 6 nitrogen and oxygen atoms in total. The first-order valence-electron chi connectivity index (χ1n) is 11.8. The molecule has 1 fully saturated rings. The van der Waals surface area contributed by atoms with Gasteiger partial charge in [-0.25, -0.2) is 0 Å². The third kappa shape index (κ3) is 6.09. The number of nitrogens with zero attached hydrogens (tertiary/aromatic N) is 4. The van der Waals surface area contributed by atoms with Crippen molar-refractivity contribution in [2.75, 3.05) is 38.7 Å². The fourth-order valence-electron chi connectivity index (χ4n) is 4.27. The number of ether oxygens (including phenoxy) is 1. The zero-order chi connectivity index (χ0) is 23.0. The Balaban J connectivity index is 1.38. The van der Waals surface area contributed by atoms with Crippen molar-refractivity contribution in [1.82, 2.24) is 15.1 Å². The Morgan fingerprint density at radius 2 is 2.09 bits per heavy atom. The maximum absolute atomic E-state index is 5.98. The van der Waals surface area contributed by atoms with Crippen LogP contribution in [0.1, 0.15) is 31.6 Å². The number of anilines is 1. The van der Waals surface area contributed by atoms with E-state index in [-0.39, 0.29) is 6.10 Å². The molecule has 174 valence electrons. The van der Waals surface area contributed by atoms with Gasteiger partial charge in [-0.05, 0) is 64.0 Å². The van der Waals surface area contributed by atoms with Crippen molar-refractivity contribution < 1.29 is 9.15 Å². The summed E-state index contributed by atoms with van der Waals surface area (Å²) in [5, 5.41) is 8.52. The number of allylic oxidation sites excluding steroid dienone is 5. The minimum atomic E-state index is 0.211. The molecule has 0 amide bonds. The monoisotopic (exact) mass is 446 g/mol. The fraction of sp³-hybridized carbons (Fsp3) is 0.407. The largest absolute Gasteiger partial charge is 0.416 e. The Hall–Kier alpha value is -2.96. The lowest BCUT2D eigenvalue weighted by Crippen LogP contribution is -2.31. The van der Waals surface area contributed by atoms with Gasteiger partial charge >= 0.3 is 0 Å². The van der Waals surface area contributed by atoms with E-state index in [2.05, 4.69) is 65.0 Å². The Morgan fingerprint density at radius 3 is 2.79 bits per heavy atom. The van der Waals surface area contributed by atoms with E-state index in [0.717, 1.165) is 37.1 Å². The summed E-state index contributed by atoms with van der Waals surface area (Å²) in [5.41, 5.74) is 2.95. The van der Waals surface area contributed by atoms with Gasteiger partial charge in [0.1, 0.15) is 0 Å². The molecule has 1 aliphatic heterocycles. The maximum Gasteiger partial charge on any atom is 0.248 e. The van der Waals surface area contributed by atoms with E-state index in [0.29, 0.717) is 24.4 Å². The van der Waals surface area contributed by atoms with Gasteiger partial charge in [0.2, 0.25) is 11.8 Å². The van der Waals surface area contributed by atoms with Gasteiger partial charge in [-0.15, -0.1) is 10.2 Å². The van der Waals surface area contributed by atoms with Crippen LogP contribution in [0.5, 0.6) is 0 Å². The molecule has 2 heterocycles. The van der Waals surface area contributed by atoms with Crippen LogP contribution in [-0.2, 0) is 4.74 Å². The van der Waals surface area contributed by atoms with Crippen molar-refractivity contribution in [3.8, 4) is 11.5 Å². The Morgan fingerprint density at radius 1 is 1.24 bits per heavy atom. The number of hydrogen-bond donors (Lipinski definition) is 0. The molecule has 4 rings (SSSR count). The summed E-state index contributed by atoms with van der Waals surface area (Å²) in [6, 6.07) is 8.97. The summed E-state index contributed by atoms with van der Waals surface area (Å²) in [4.78, 5) is 4.73. The molecule has 0 bridgehead atoms. The third-order valence-electron chi connectivity index (χ3n) is 6.26. The van der Waals surface area contributed by atoms with Crippen LogP contribution in [0.2, 0.25) is 0 Å². The summed E-state index contributed by atoms with van der Waals surface area (Å²) < 4.78 is 11.9. The van der Waals surface area contributed by atoms with E-state index in [4.69, 9.17) is 9.15 Å². The Kier molecular flexibility index (Phi) is 7.92. The van der Waals surface area contributed by atoms with Crippen LogP contribution in [0.4, 0.5) is 5.69 Å². The highest BCUT2D eigenvalue weighted by Gasteiger charge is 2.24. The van der Waals surface area contributed by atoms with Gasteiger partial charge in [0.25, 0.3) is 0 Å². The highest BCUT2D eigenvalue weighted by atomic mass is 16.5. The zero-order valence-electron chi connectivity index (χ0n) is 19.7. The quantitative estimate of drug-likeness (QED) is 0.393. The first kappa shape index (κ1) is 23.2. The molecular weight excluding hydrogens is 412 g/mol. The van der Waals surface area contributed by atoms with Crippen LogP contribution in [0.3, 0.4) is 0 Å². The number of aromatic nitrogens is 2. The minimum absolute atomic E-state index is 0.211. The van der Waals surface area contributed by atoms with Crippen molar-refractivity contribution >= 4 is 11.3 Å². The van der Waals surface area contributed by atoms with Gasteiger partial charge in [-0.1, -0.05) is 43.0 Å². The normalized spacial score (nSPS) is 21.4. The number of likely N-dealkylation sites (N-methyl/N-ethyl adjacent to an activating group) is 1. The second-order valence-electron chi connectivity index (χ2n) is 8.80. The van der Waals surface area contributed by atoms with E-state index in [1.807, 2.05) is 30.4 Å². The lowest BCUT2D eigenvalue weighted by molar-refractivity contribution is 0.0980. The molecule has 0 spiro atoms. The molecule has 2 atom stereocenters. The van der Waals surface area contributed by atoms with Crippen molar-refractivity contribution in [3.05, 3.63) is 73.2 Å². The summed E-state index contributed by atoms with van der Waals surface area (Å²) in [6.07, 6.45) is 16.7. The minimum Gasteiger partial charge on any atom is -0.416 e. The molecule has 1 aromatic carbocycles. The molecular formula is C27H34N4O2. The van der Waals surface area contributed by atoms with E-state index in [1.165, 1.54) is 18.5 Å². The highest BCUT2D eigenvalue weighted by molar-refractivity contribution is 5.70. The van der Waals surface area contributed by atoms with Gasteiger partial charge in [-0.2, -0.15) is 0 Å². The molecule has 2 aromatic rings. The van der Waals surface area contributed by atoms with Crippen LogP contribution < -0.4 is 4.90 Å². The topological polar surface area (TPSA) is 54.6 Å². The molecule has 1 aliphatic carbocycles. The van der Waals surface area contributed by atoms with Crippen molar-refractivity contribution in [1.29, 1.82) is 0 Å². The molecule has 2 aliphatic rings. The summed E-state index contributed by atoms with van der Waals surface area (Å²) in [5.74, 6) is 0.979. The Bertz CT molecular complexity index is 1000. The maximum atomic E-state index is 5.98. The molecule has 1 aromatic heterocycles. The van der Waals surface area contributed by atoms with Gasteiger partial charge in [0.15, 0.2) is 0 Å².